The summed E-state index contributed by atoms with van der Waals surface area (Å²) in [5.74, 6) is -12.7. The van der Waals surface area contributed by atoms with Crippen molar-refractivity contribution in [1.29, 1.82) is 0 Å². The molecule has 0 amide bonds. The zero-order valence-electron chi connectivity index (χ0n) is 12.5. The van der Waals surface area contributed by atoms with Crippen LogP contribution in [-0.4, -0.2) is 51.1 Å². The molecule has 0 aromatic rings. The maximum absolute atomic E-state index is 13.3. The van der Waals surface area contributed by atoms with E-state index in [1.807, 2.05) is 0 Å². The molecule has 0 bridgehead atoms. The number of hydrogen-bond donors (Lipinski definition) is 3. The van der Waals surface area contributed by atoms with Crippen molar-refractivity contribution in [2.24, 2.45) is 10.4 Å². The molecule has 0 atom stereocenters. The fourth-order valence-corrected chi connectivity index (χ4v) is 1.63. The quantitative estimate of drug-likeness (QED) is 0.293. The van der Waals surface area contributed by atoms with Gasteiger partial charge in [-0.25, -0.2) is 4.79 Å². The average molecular weight is 359 g/mol. The molecule has 1 saturated carbocycles. The van der Waals surface area contributed by atoms with Crippen LogP contribution in [0.1, 0.15) is 26.7 Å². The van der Waals surface area contributed by atoms with Gasteiger partial charge in [0.15, 0.2) is 5.76 Å². The van der Waals surface area contributed by atoms with Gasteiger partial charge < -0.3 is 15.3 Å². The SMILES string of the molecule is CC(C)(C(=O)O)C(=NC1CC1)C(C(=O)O)=C(O)C(F)(F)C(F)(F)F. The first-order valence-corrected chi connectivity index (χ1v) is 6.57. The summed E-state index contributed by atoms with van der Waals surface area (Å²) in [6.45, 7) is 1.77. The summed E-state index contributed by atoms with van der Waals surface area (Å²) in [6, 6.07) is -0.597. The topological polar surface area (TPSA) is 107 Å². The van der Waals surface area contributed by atoms with Crippen molar-refractivity contribution < 1.29 is 46.9 Å². The van der Waals surface area contributed by atoms with Crippen molar-refractivity contribution in [1.82, 2.24) is 0 Å². The summed E-state index contributed by atoms with van der Waals surface area (Å²) in [5, 5.41) is 27.5. The van der Waals surface area contributed by atoms with Gasteiger partial charge in [-0.1, -0.05) is 0 Å². The van der Waals surface area contributed by atoms with E-state index >= 15 is 0 Å². The summed E-state index contributed by atoms with van der Waals surface area (Å²) in [7, 11) is 0. The molecule has 0 saturated heterocycles. The van der Waals surface area contributed by atoms with Crippen molar-refractivity contribution in [3.8, 4) is 0 Å². The summed E-state index contributed by atoms with van der Waals surface area (Å²) in [5.41, 5.74) is -5.13. The van der Waals surface area contributed by atoms with Crippen LogP contribution in [0.5, 0.6) is 0 Å². The highest BCUT2D eigenvalue weighted by atomic mass is 19.4. The maximum Gasteiger partial charge on any atom is 0.461 e. The van der Waals surface area contributed by atoms with E-state index in [1.165, 1.54) is 0 Å². The third-order valence-electron chi connectivity index (χ3n) is 3.33. The molecule has 0 radical (unpaired) electrons. The number of allylic oxidation sites excluding steroid dienone is 1. The second kappa shape index (κ2) is 6.02. The van der Waals surface area contributed by atoms with Crippen LogP contribution in [0, 0.1) is 5.41 Å². The van der Waals surface area contributed by atoms with Crippen LogP contribution in [0.4, 0.5) is 22.0 Å². The molecule has 11 heteroatoms. The Hall–Kier alpha value is -2.20. The van der Waals surface area contributed by atoms with Gasteiger partial charge in [-0.05, 0) is 26.7 Å². The Labute approximate surface area is 132 Å². The van der Waals surface area contributed by atoms with Crippen molar-refractivity contribution in [2.75, 3.05) is 0 Å². The number of aliphatic carboxylic acids is 2. The molecule has 1 aliphatic rings. The Morgan fingerprint density at radius 2 is 1.46 bits per heavy atom. The Morgan fingerprint density at radius 1 is 1.00 bits per heavy atom. The van der Waals surface area contributed by atoms with E-state index in [0.29, 0.717) is 12.8 Å². The van der Waals surface area contributed by atoms with Crippen LogP contribution in [0.15, 0.2) is 16.3 Å². The largest absolute Gasteiger partial charge is 0.505 e. The Morgan fingerprint density at radius 3 is 1.75 bits per heavy atom. The molecule has 0 unspecified atom stereocenters. The number of halogens is 5. The van der Waals surface area contributed by atoms with E-state index in [4.69, 9.17) is 10.2 Å². The number of nitrogens with zero attached hydrogens (tertiary/aromatic N) is 1. The van der Waals surface area contributed by atoms with Gasteiger partial charge in [0.1, 0.15) is 11.0 Å². The van der Waals surface area contributed by atoms with Gasteiger partial charge in [0.05, 0.1) is 11.8 Å². The number of rotatable bonds is 6. The van der Waals surface area contributed by atoms with E-state index < -0.39 is 52.5 Å². The lowest BCUT2D eigenvalue weighted by atomic mass is 9.82. The van der Waals surface area contributed by atoms with Crippen molar-refractivity contribution >= 4 is 17.7 Å². The van der Waals surface area contributed by atoms with Crippen molar-refractivity contribution in [3.63, 3.8) is 0 Å². The molecular weight excluding hydrogens is 345 g/mol. The highest BCUT2D eigenvalue weighted by Gasteiger charge is 2.63. The van der Waals surface area contributed by atoms with Gasteiger partial charge in [0.2, 0.25) is 0 Å². The first-order chi connectivity index (χ1) is 10.6. The number of hydrogen-bond acceptors (Lipinski definition) is 4. The lowest BCUT2D eigenvalue weighted by Crippen LogP contribution is -2.43. The normalized spacial score (nSPS) is 18.2. The molecule has 0 aliphatic heterocycles. The Kier molecular flexibility index (Phi) is 4.98. The predicted octanol–water partition coefficient (Wildman–Crippen LogP) is 2.79. The molecule has 0 heterocycles. The molecule has 1 fully saturated rings. The fraction of sp³-hybridized carbons (Fsp3) is 0.615. The average Bonchev–Trinajstić information content (AvgIpc) is 3.19. The van der Waals surface area contributed by atoms with Gasteiger partial charge in [-0.15, -0.1) is 0 Å². The number of alkyl halides is 5. The van der Waals surface area contributed by atoms with Gasteiger partial charge in [-0.3, -0.25) is 9.79 Å². The molecular formula is C13H14F5NO5. The lowest BCUT2D eigenvalue weighted by molar-refractivity contribution is -0.274. The van der Waals surface area contributed by atoms with E-state index in [0.717, 1.165) is 13.8 Å². The van der Waals surface area contributed by atoms with E-state index in [9.17, 15) is 36.6 Å². The van der Waals surface area contributed by atoms with Crippen LogP contribution in [0.25, 0.3) is 0 Å². The number of aliphatic hydroxyl groups is 1. The number of aliphatic imine (C=N–C) groups is 1. The third kappa shape index (κ3) is 3.65. The summed E-state index contributed by atoms with van der Waals surface area (Å²) in [4.78, 5) is 26.2. The molecule has 0 aromatic carbocycles. The molecule has 0 spiro atoms. The lowest BCUT2D eigenvalue weighted by Gasteiger charge is -2.26. The van der Waals surface area contributed by atoms with E-state index in [2.05, 4.69) is 4.99 Å². The molecule has 1 aliphatic carbocycles. The maximum atomic E-state index is 13.3. The Bertz CT molecular complexity index is 617. The molecule has 136 valence electrons. The van der Waals surface area contributed by atoms with Crippen LogP contribution < -0.4 is 0 Å². The fourth-order valence-electron chi connectivity index (χ4n) is 1.63. The Balaban J connectivity index is 3.69. The molecule has 6 nitrogen and oxygen atoms in total. The summed E-state index contributed by atoms with van der Waals surface area (Å²) in [6.07, 6.45) is -5.49. The van der Waals surface area contributed by atoms with Gasteiger partial charge in [0.25, 0.3) is 0 Å². The molecule has 0 aromatic heterocycles. The summed E-state index contributed by atoms with van der Waals surface area (Å²) < 4.78 is 63.9. The number of carbonyl (C=O) groups is 2. The number of carboxylic acids is 2. The van der Waals surface area contributed by atoms with Crippen LogP contribution in [0.2, 0.25) is 0 Å². The smallest absolute Gasteiger partial charge is 0.461 e. The second-order valence-electron chi connectivity index (χ2n) is 5.74. The zero-order chi connectivity index (χ0) is 19.1. The van der Waals surface area contributed by atoms with Gasteiger partial charge in [0, 0.05) is 0 Å². The highest BCUT2D eigenvalue weighted by Crippen LogP contribution is 2.42. The van der Waals surface area contributed by atoms with Crippen LogP contribution in [0.3, 0.4) is 0 Å². The minimum atomic E-state index is -6.27. The standard InChI is InChI=1S/C13H14F5NO5/c1-11(2,10(23)24)7(19-5-3-4-5)6(9(21)22)8(20)12(14,15)13(16,17)18/h5,20H,3-4H2,1-2H3,(H,21,22)(H,23,24). The van der Waals surface area contributed by atoms with Crippen molar-refractivity contribution in [2.45, 2.75) is 44.8 Å². The van der Waals surface area contributed by atoms with Gasteiger partial charge in [-0.2, -0.15) is 22.0 Å². The first kappa shape index (κ1) is 19.8. The van der Waals surface area contributed by atoms with E-state index in [-0.39, 0.29) is 0 Å². The second-order valence-corrected chi connectivity index (χ2v) is 5.74. The highest BCUT2D eigenvalue weighted by molar-refractivity contribution is 6.26. The molecule has 1 rings (SSSR count). The number of aliphatic hydroxyl groups excluding tert-OH is 1. The minimum absolute atomic E-state index is 0.391. The number of carboxylic acid groups (broad SMARTS) is 2. The van der Waals surface area contributed by atoms with Crippen molar-refractivity contribution in [3.05, 3.63) is 11.3 Å². The predicted molar refractivity (Wildman–Crippen MR) is 70.2 cm³/mol. The van der Waals surface area contributed by atoms with E-state index in [1.54, 1.807) is 0 Å². The molecule has 3 N–H and O–H groups in total. The minimum Gasteiger partial charge on any atom is -0.505 e. The first-order valence-electron chi connectivity index (χ1n) is 6.57. The van der Waals surface area contributed by atoms with Crippen LogP contribution in [-0.2, 0) is 9.59 Å². The third-order valence-corrected chi connectivity index (χ3v) is 3.33. The monoisotopic (exact) mass is 359 g/mol. The molecule has 24 heavy (non-hydrogen) atoms. The van der Waals surface area contributed by atoms with Gasteiger partial charge >= 0.3 is 24.0 Å². The van der Waals surface area contributed by atoms with Crippen LogP contribution >= 0.6 is 0 Å². The summed E-state index contributed by atoms with van der Waals surface area (Å²) >= 11 is 0. The zero-order valence-corrected chi connectivity index (χ0v) is 12.5.